The number of halogens is 3. The number of hydrogen-bond acceptors (Lipinski definition) is 5. The summed E-state index contributed by atoms with van der Waals surface area (Å²) in [5.74, 6) is -1.64. The molecule has 12 heteroatoms. The Balaban J connectivity index is 0.000000426. The summed E-state index contributed by atoms with van der Waals surface area (Å²) in [6, 6.07) is 10.2. The fraction of sp³-hybridized carbons (Fsp3) is 0.346. The van der Waals surface area contributed by atoms with Gasteiger partial charge in [0, 0.05) is 37.1 Å². The van der Waals surface area contributed by atoms with Crippen LogP contribution in [0.1, 0.15) is 51.9 Å². The summed E-state index contributed by atoms with van der Waals surface area (Å²) < 4.78 is 31.7. The molecule has 38 heavy (non-hydrogen) atoms. The number of nitrogens with one attached hydrogen (secondary N) is 2. The summed E-state index contributed by atoms with van der Waals surface area (Å²) in [7, 11) is 1.58. The molecule has 3 N–H and O–H groups in total. The van der Waals surface area contributed by atoms with Crippen LogP contribution in [-0.4, -0.2) is 62.0 Å². The number of benzene rings is 1. The van der Waals surface area contributed by atoms with E-state index >= 15 is 0 Å². The first kappa shape index (κ1) is 26.8. The van der Waals surface area contributed by atoms with Crippen LogP contribution in [0, 0.1) is 12.8 Å². The quantitative estimate of drug-likeness (QED) is 0.455. The van der Waals surface area contributed by atoms with E-state index in [-0.39, 0.29) is 11.8 Å². The van der Waals surface area contributed by atoms with Crippen LogP contribution in [0.3, 0.4) is 0 Å². The van der Waals surface area contributed by atoms with Gasteiger partial charge in [0.1, 0.15) is 11.4 Å². The van der Waals surface area contributed by atoms with E-state index in [1.807, 2.05) is 36.1 Å². The molecule has 9 nitrogen and oxygen atoms in total. The number of imidazole rings is 1. The maximum atomic E-state index is 12.8. The van der Waals surface area contributed by atoms with Crippen LogP contribution in [-0.2, 0) is 11.3 Å². The van der Waals surface area contributed by atoms with Crippen LogP contribution in [0.5, 0.6) is 0 Å². The van der Waals surface area contributed by atoms with E-state index in [9.17, 15) is 22.8 Å². The molecule has 1 fully saturated rings. The molecule has 0 unspecified atom stereocenters. The van der Waals surface area contributed by atoms with E-state index < -0.39 is 12.1 Å². The maximum absolute atomic E-state index is 12.8. The Labute approximate surface area is 216 Å². The number of H-pyrrole nitrogens is 1. The van der Waals surface area contributed by atoms with Crippen molar-refractivity contribution in [3.05, 3.63) is 59.0 Å². The number of amides is 2. The minimum Gasteiger partial charge on any atom is -0.475 e. The van der Waals surface area contributed by atoms with Crippen molar-refractivity contribution in [2.45, 2.75) is 45.5 Å². The van der Waals surface area contributed by atoms with Gasteiger partial charge in [0.15, 0.2) is 5.82 Å². The van der Waals surface area contributed by atoms with Gasteiger partial charge in [0.2, 0.25) is 0 Å². The lowest BCUT2D eigenvalue weighted by Gasteiger charge is -2.23. The van der Waals surface area contributed by atoms with Gasteiger partial charge in [0.05, 0.1) is 0 Å². The van der Waals surface area contributed by atoms with Gasteiger partial charge in [0.25, 0.3) is 11.8 Å². The summed E-state index contributed by atoms with van der Waals surface area (Å²) in [6.07, 6.45) is -0.900. The first-order valence-corrected chi connectivity index (χ1v) is 11.9. The summed E-state index contributed by atoms with van der Waals surface area (Å²) in [5, 5.41) is 9.73. The van der Waals surface area contributed by atoms with Crippen LogP contribution in [0.25, 0.3) is 22.6 Å². The van der Waals surface area contributed by atoms with Gasteiger partial charge in [-0.1, -0.05) is 6.07 Å². The van der Waals surface area contributed by atoms with Crippen molar-refractivity contribution in [1.82, 2.24) is 25.2 Å². The Bertz CT molecular complexity index is 1400. The Morgan fingerprint density at radius 2 is 1.84 bits per heavy atom. The third-order valence-electron chi connectivity index (χ3n) is 6.64. The molecule has 3 heterocycles. The molecule has 1 aliphatic heterocycles. The lowest BCUT2D eigenvalue weighted by atomic mass is 10.0. The normalized spacial score (nSPS) is 15.4. The van der Waals surface area contributed by atoms with Gasteiger partial charge in [-0.3, -0.25) is 14.6 Å². The first-order valence-electron chi connectivity index (χ1n) is 11.9. The number of aliphatic carboxylic acids is 1. The highest BCUT2D eigenvalue weighted by atomic mass is 19.4. The van der Waals surface area contributed by atoms with E-state index in [2.05, 4.69) is 33.3 Å². The van der Waals surface area contributed by atoms with Crippen LogP contribution in [0.2, 0.25) is 0 Å². The molecule has 0 saturated heterocycles. The molecule has 2 amide bonds. The van der Waals surface area contributed by atoms with E-state index in [1.165, 1.54) is 12.8 Å². The van der Waals surface area contributed by atoms with E-state index in [0.29, 0.717) is 41.4 Å². The molecular formula is C26H26F3N5O4. The topological polar surface area (TPSA) is 128 Å². The average molecular weight is 530 g/mol. The highest BCUT2D eigenvalue weighted by Crippen LogP contribution is 2.39. The Morgan fingerprint density at radius 1 is 1.18 bits per heavy atom. The molecule has 0 radical (unpaired) electrons. The summed E-state index contributed by atoms with van der Waals surface area (Å²) in [6.45, 7) is 4.65. The second-order valence-electron chi connectivity index (χ2n) is 9.25. The number of pyridine rings is 1. The molecule has 1 atom stereocenters. The van der Waals surface area contributed by atoms with Gasteiger partial charge >= 0.3 is 12.1 Å². The SMILES string of the molecule is CNC(=O)c1nc(-c2cc(-c3ccc4c(c3)CN([C@@H](C)C3CC3)C4=O)ccn2)[nH]c1C.O=C(O)C(F)(F)F. The van der Waals surface area contributed by atoms with Crippen molar-refractivity contribution < 1.29 is 32.7 Å². The molecule has 5 rings (SSSR count). The molecule has 0 bridgehead atoms. The number of carboxylic acids is 1. The fourth-order valence-electron chi connectivity index (χ4n) is 4.35. The standard InChI is InChI=1S/C24H25N5O2.C2HF3O2/c1-13-21(23(30)25-3)28-22(27-13)20-11-17(8-9-26-20)16-6-7-19-18(10-16)12-29(24(19)31)14(2)15-4-5-15;3-2(4,5)1(6)7/h6-11,14-15H,4-5,12H2,1-3H3,(H,25,30)(H,27,28);(H,6,7)/t14-;/m0./s1. The predicted octanol–water partition coefficient (Wildman–Crippen LogP) is 4.19. The number of alkyl halides is 3. The molecule has 1 aromatic carbocycles. The first-order chi connectivity index (χ1) is 17.9. The molecule has 2 aliphatic rings. The lowest BCUT2D eigenvalue weighted by molar-refractivity contribution is -0.192. The Morgan fingerprint density at radius 3 is 2.45 bits per heavy atom. The summed E-state index contributed by atoms with van der Waals surface area (Å²) in [5.41, 5.74) is 5.63. The summed E-state index contributed by atoms with van der Waals surface area (Å²) in [4.78, 5) is 47.7. The maximum Gasteiger partial charge on any atom is 0.490 e. The number of carboxylic acid groups (broad SMARTS) is 1. The van der Waals surface area contributed by atoms with Gasteiger partial charge in [-0.15, -0.1) is 0 Å². The number of aromatic nitrogens is 3. The second-order valence-corrected chi connectivity index (χ2v) is 9.25. The van der Waals surface area contributed by atoms with Gasteiger partial charge in [-0.05, 0) is 73.6 Å². The number of nitrogens with zero attached hydrogens (tertiary/aromatic N) is 3. The smallest absolute Gasteiger partial charge is 0.475 e. The van der Waals surface area contributed by atoms with Crippen LogP contribution in [0.4, 0.5) is 13.2 Å². The highest BCUT2D eigenvalue weighted by molar-refractivity contribution is 5.99. The Hall–Kier alpha value is -4.22. The molecular weight excluding hydrogens is 503 g/mol. The largest absolute Gasteiger partial charge is 0.490 e. The number of carbonyl (C=O) groups excluding carboxylic acids is 2. The van der Waals surface area contributed by atoms with Crippen molar-refractivity contribution in [1.29, 1.82) is 0 Å². The van der Waals surface area contributed by atoms with Crippen molar-refractivity contribution in [3.63, 3.8) is 0 Å². The summed E-state index contributed by atoms with van der Waals surface area (Å²) >= 11 is 0. The van der Waals surface area contributed by atoms with Crippen LogP contribution >= 0.6 is 0 Å². The van der Waals surface area contributed by atoms with Gasteiger partial charge in [-0.25, -0.2) is 9.78 Å². The third kappa shape index (κ3) is 5.53. The monoisotopic (exact) mass is 529 g/mol. The van der Waals surface area contributed by atoms with Crippen molar-refractivity contribution in [2.75, 3.05) is 7.05 Å². The number of fused-ring (bicyclic) bond motifs is 1. The van der Waals surface area contributed by atoms with Crippen molar-refractivity contribution in [2.24, 2.45) is 5.92 Å². The van der Waals surface area contributed by atoms with E-state index in [1.54, 1.807) is 13.2 Å². The Kier molecular flexibility index (Phi) is 7.25. The second kappa shape index (κ2) is 10.3. The van der Waals surface area contributed by atoms with E-state index in [0.717, 1.165) is 22.3 Å². The minimum absolute atomic E-state index is 0.143. The van der Waals surface area contributed by atoms with Gasteiger partial charge in [-0.2, -0.15) is 13.2 Å². The number of carbonyl (C=O) groups is 3. The predicted molar refractivity (Wildman–Crippen MR) is 131 cm³/mol. The van der Waals surface area contributed by atoms with Crippen LogP contribution < -0.4 is 5.32 Å². The van der Waals surface area contributed by atoms with Gasteiger partial charge < -0.3 is 20.3 Å². The number of aryl methyl sites for hydroxylation is 1. The molecule has 200 valence electrons. The van der Waals surface area contributed by atoms with Crippen molar-refractivity contribution in [3.8, 4) is 22.6 Å². The minimum atomic E-state index is -5.08. The zero-order valence-corrected chi connectivity index (χ0v) is 20.9. The average Bonchev–Trinajstić information content (AvgIpc) is 3.59. The zero-order chi connectivity index (χ0) is 27.8. The van der Waals surface area contributed by atoms with Crippen LogP contribution in [0.15, 0.2) is 36.5 Å². The molecule has 1 saturated carbocycles. The number of rotatable bonds is 5. The third-order valence-corrected chi connectivity index (χ3v) is 6.64. The van der Waals surface area contributed by atoms with E-state index in [4.69, 9.17) is 9.90 Å². The fourth-order valence-corrected chi connectivity index (χ4v) is 4.35. The molecule has 0 spiro atoms. The molecule has 3 aromatic rings. The molecule has 2 aromatic heterocycles. The highest BCUT2D eigenvalue weighted by Gasteiger charge is 2.39. The number of hydrogen-bond donors (Lipinski definition) is 3. The lowest BCUT2D eigenvalue weighted by Crippen LogP contribution is -2.34. The molecule has 1 aliphatic carbocycles. The van der Waals surface area contributed by atoms with Crippen molar-refractivity contribution >= 4 is 17.8 Å². The zero-order valence-electron chi connectivity index (χ0n) is 20.9. The number of aromatic amines is 1.